The van der Waals surface area contributed by atoms with Crippen LogP contribution in [0.4, 0.5) is 0 Å². The van der Waals surface area contributed by atoms with Gasteiger partial charge in [0.1, 0.15) is 0 Å². The van der Waals surface area contributed by atoms with E-state index in [0.29, 0.717) is 11.4 Å². The largest absolute Gasteiger partial charge is 0.481 e. The van der Waals surface area contributed by atoms with Crippen LogP contribution >= 0.6 is 11.6 Å². The minimum Gasteiger partial charge on any atom is -0.481 e. The number of carboxylic acids is 1. The van der Waals surface area contributed by atoms with Gasteiger partial charge in [0.05, 0.1) is 17.8 Å². The minimum absolute atomic E-state index is 0.0942. The first kappa shape index (κ1) is 17.3. The van der Waals surface area contributed by atoms with Gasteiger partial charge in [0.25, 0.3) is 0 Å². The predicted octanol–water partition coefficient (Wildman–Crippen LogP) is 5.43. The number of hydrogen-bond donors (Lipinski definition) is 1. The smallest absolute Gasteiger partial charge is 0.303 e. The number of aliphatic carboxylic acids is 1. The first-order valence-electron chi connectivity index (χ1n) is 8.22. The Bertz CT molecular complexity index is 910. The van der Waals surface area contributed by atoms with Crippen LogP contribution in [0, 0.1) is 13.8 Å². The average molecular weight is 354 g/mol. The Balaban J connectivity index is 2.17. The molecular weight excluding hydrogens is 334 g/mol. The van der Waals surface area contributed by atoms with E-state index < -0.39 is 5.97 Å². The van der Waals surface area contributed by atoms with E-state index in [9.17, 15) is 4.79 Å². The maximum atomic E-state index is 11.0. The van der Waals surface area contributed by atoms with E-state index in [4.69, 9.17) is 16.7 Å². The van der Waals surface area contributed by atoms with Gasteiger partial charge in [-0.3, -0.25) is 4.79 Å². The Morgan fingerprint density at radius 1 is 1.04 bits per heavy atom. The fraction of sp³-hybridized carbons (Fsp3) is 0.190. The Hall–Kier alpha value is -2.52. The molecule has 0 saturated heterocycles. The zero-order valence-electron chi connectivity index (χ0n) is 14.3. The standard InChI is InChI=1S/C21H20ClNO2/c1-14-6-8-16(9-7-14)20-12-10-17(11-13-21(24)25)23(20)19-5-3-4-18(22)15(19)2/h3-10,12H,11,13H2,1-2H3,(H,24,25). The van der Waals surface area contributed by atoms with Gasteiger partial charge in [-0.25, -0.2) is 0 Å². The highest BCUT2D eigenvalue weighted by Gasteiger charge is 2.15. The molecule has 0 spiro atoms. The fourth-order valence-corrected chi connectivity index (χ4v) is 3.15. The van der Waals surface area contributed by atoms with Crippen molar-refractivity contribution in [2.45, 2.75) is 26.7 Å². The summed E-state index contributed by atoms with van der Waals surface area (Å²) in [5.41, 5.74) is 6.24. The number of benzene rings is 2. The highest BCUT2D eigenvalue weighted by molar-refractivity contribution is 6.31. The van der Waals surface area contributed by atoms with Crippen molar-refractivity contribution in [1.29, 1.82) is 0 Å². The number of nitrogens with zero attached hydrogens (tertiary/aromatic N) is 1. The first-order valence-corrected chi connectivity index (χ1v) is 8.60. The van der Waals surface area contributed by atoms with Crippen molar-refractivity contribution < 1.29 is 9.90 Å². The first-order chi connectivity index (χ1) is 12.0. The Labute approximate surface area is 152 Å². The molecule has 0 atom stereocenters. The summed E-state index contributed by atoms with van der Waals surface area (Å²) in [7, 11) is 0. The Morgan fingerprint density at radius 3 is 2.44 bits per heavy atom. The van der Waals surface area contributed by atoms with E-state index in [0.717, 1.165) is 28.2 Å². The van der Waals surface area contributed by atoms with Crippen LogP contribution in [0.5, 0.6) is 0 Å². The van der Waals surface area contributed by atoms with Crippen LogP contribution in [0.15, 0.2) is 54.6 Å². The maximum Gasteiger partial charge on any atom is 0.303 e. The van der Waals surface area contributed by atoms with Crippen molar-refractivity contribution in [1.82, 2.24) is 4.57 Å². The molecule has 0 amide bonds. The molecule has 1 N–H and O–H groups in total. The summed E-state index contributed by atoms with van der Waals surface area (Å²) in [5.74, 6) is -0.799. The van der Waals surface area contributed by atoms with Crippen molar-refractivity contribution in [3.05, 3.63) is 76.4 Å². The molecule has 0 fully saturated rings. The molecule has 1 aromatic heterocycles. The van der Waals surface area contributed by atoms with Crippen LogP contribution in [0.1, 0.15) is 23.2 Å². The highest BCUT2D eigenvalue weighted by Crippen LogP contribution is 2.31. The molecule has 0 radical (unpaired) electrons. The lowest BCUT2D eigenvalue weighted by Gasteiger charge is -2.17. The summed E-state index contributed by atoms with van der Waals surface area (Å²) in [5, 5.41) is 9.76. The summed E-state index contributed by atoms with van der Waals surface area (Å²) in [6.45, 7) is 4.04. The lowest BCUT2D eigenvalue weighted by molar-refractivity contribution is -0.136. The van der Waals surface area contributed by atoms with Crippen LogP contribution in [-0.4, -0.2) is 15.6 Å². The number of halogens is 1. The summed E-state index contributed by atoms with van der Waals surface area (Å²) >= 11 is 6.32. The lowest BCUT2D eigenvalue weighted by atomic mass is 10.1. The van der Waals surface area contributed by atoms with E-state index in [2.05, 4.69) is 35.8 Å². The topological polar surface area (TPSA) is 42.2 Å². The third-order valence-corrected chi connectivity index (χ3v) is 4.79. The molecular formula is C21H20ClNO2. The summed E-state index contributed by atoms with van der Waals surface area (Å²) in [6, 6.07) is 18.2. The van der Waals surface area contributed by atoms with Crippen LogP contribution < -0.4 is 0 Å². The van der Waals surface area contributed by atoms with Gasteiger partial charge in [0.2, 0.25) is 0 Å². The summed E-state index contributed by atoms with van der Waals surface area (Å²) in [6.07, 6.45) is 0.560. The Morgan fingerprint density at radius 2 is 1.76 bits per heavy atom. The zero-order valence-corrected chi connectivity index (χ0v) is 15.0. The van der Waals surface area contributed by atoms with Crippen molar-refractivity contribution in [2.75, 3.05) is 0 Å². The van der Waals surface area contributed by atoms with Crippen molar-refractivity contribution >= 4 is 17.6 Å². The molecule has 0 aliphatic rings. The zero-order chi connectivity index (χ0) is 18.0. The molecule has 0 saturated carbocycles. The van der Waals surface area contributed by atoms with Crippen LogP contribution in [0.3, 0.4) is 0 Å². The molecule has 3 nitrogen and oxygen atoms in total. The number of carbonyl (C=O) groups is 1. The van der Waals surface area contributed by atoms with Crippen molar-refractivity contribution in [3.63, 3.8) is 0 Å². The fourth-order valence-electron chi connectivity index (χ4n) is 2.98. The SMILES string of the molecule is Cc1ccc(-c2ccc(CCC(=O)O)n2-c2cccc(Cl)c2C)cc1. The minimum atomic E-state index is -0.799. The second kappa shape index (κ2) is 7.16. The molecule has 2 aromatic carbocycles. The van der Waals surface area contributed by atoms with E-state index in [1.54, 1.807) is 0 Å². The van der Waals surface area contributed by atoms with Gasteiger partial charge in [0, 0.05) is 10.7 Å². The van der Waals surface area contributed by atoms with Crippen molar-refractivity contribution in [3.8, 4) is 16.9 Å². The van der Waals surface area contributed by atoms with E-state index in [-0.39, 0.29) is 6.42 Å². The molecule has 1 heterocycles. The van der Waals surface area contributed by atoms with E-state index >= 15 is 0 Å². The monoisotopic (exact) mass is 353 g/mol. The molecule has 0 bridgehead atoms. The normalized spacial score (nSPS) is 10.8. The van der Waals surface area contributed by atoms with Crippen LogP contribution in [-0.2, 0) is 11.2 Å². The summed E-state index contributed by atoms with van der Waals surface area (Å²) in [4.78, 5) is 11.0. The third-order valence-electron chi connectivity index (χ3n) is 4.38. The number of aryl methyl sites for hydroxylation is 2. The van der Waals surface area contributed by atoms with Gasteiger partial charge in [0.15, 0.2) is 0 Å². The molecule has 25 heavy (non-hydrogen) atoms. The van der Waals surface area contributed by atoms with Gasteiger partial charge in [-0.2, -0.15) is 0 Å². The molecule has 3 aromatic rings. The third kappa shape index (κ3) is 3.62. The van der Waals surface area contributed by atoms with Crippen LogP contribution in [0.2, 0.25) is 5.02 Å². The van der Waals surface area contributed by atoms with Gasteiger partial charge in [-0.1, -0.05) is 47.5 Å². The molecule has 0 aliphatic heterocycles. The van der Waals surface area contributed by atoms with Crippen molar-refractivity contribution in [2.24, 2.45) is 0 Å². The van der Waals surface area contributed by atoms with Crippen LogP contribution in [0.25, 0.3) is 16.9 Å². The van der Waals surface area contributed by atoms with Gasteiger partial charge in [-0.15, -0.1) is 0 Å². The number of carboxylic acid groups (broad SMARTS) is 1. The molecule has 0 unspecified atom stereocenters. The second-order valence-corrected chi connectivity index (χ2v) is 6.60. The van der Waals surface area contributed by atoms with Gasteiger partial charge in [-0.05, 0) is 55.7 Å². The average Bonchev–Trinajstić information content (AvgIpc) is 3.00. The highest BCUT2D eigenvalue weighted by atomic mass is 35.5. The Kier molecular flexibility index (Phi) is 4.95. The van der Waals surface area contributed by atoms with Gasteiger partial charge >= 0.3 is 5.97 Å². The number of rotatable bonds is 5. The number of aromatic nitrogens is 1. The second-order valence-electron chi connectivity index (χ2n) is 6.19. The van der Waals surface area contributed by atoms with E-state index in [1.807, 2.05) is 37.3 Å². The lowest BCUT2D eigenvalue weighted by Crippen LogP contribution is -2.06. The molecule has 0 aliphatic carbocycles. The number of hydrogen-bond acceptors (Lipinski definition) is 1. The molecule has 3 rings (SSSR count). The molecule has 128 valence electrons. The van der Waals surface area contributed by atoms with E-state index in [1.165, 1.54) is 5.56 Å². The quantitative estimate of drug-likeness (QED) is 0.664. The molecule has 4 heteroatoms. The van der Waals surface area contributed by atoms with Gasteiger partial charge < -0.3 is 9.67 Å². The summed E-state index contributed by atoms with van der Waals surface area (Å²) < 4.78 is 2.12. The maximum absolute atomic E-state index is 11.0. The predicted molar refractivity (Wildman–Crippen MR) is 102 cm³/mol.